The molecule has 2 atom stereocenters. The quantitative estimate of drug-likeness (QED) is 0.724. The lowest BCUT2D eigenvalue weighted by atomic mass is 9.98. The van der Waals surface area contributed by atoms with E-state index in [0.29, 0.717) is 32.4 Å². The van der Waals surface area contributed by atoms with Gasteiger partial charge in [-0.2, -0.15) is 0 Å². The number of esters is 1. The first-order chi connectivity index (χ1) is 12.5. The molecule has 7 nitrogen and oxygen atoms in total. The summed E-state index contributed by atoms with van der Waals surface area (Å²) in [6, 6.07) is 9.11. The Bertz CT molecular complexity index is 620. The first-order valence-corrected chi connectivity index (χ1v) is 8.88. The Balaban J connectivity index is 1.97. The maximum absolute atomic E-state index is 12.6. The lowest BCUT2D eigenvalue weighted by Crippen LogP contribution is -2.50. The number of aliphatic carboxylic acids is 1. The average molecular weight is 362 g/mol. The fraction of sp³-hybridized carbons (Fsp3) is 0.526. The van der Waals surface area contributed by atoms with Crippen molar-refractivity contribution >= 4 is 18.0 Å². The highest BCUT2D eigenvalue weighted by Crippen LogP contribution is 2.18. The second-order valence-electron chi connectivity index (χ2n) is 6.58. The largest absolute Gasteiger partial charge is 0.481 e. The summed E-state index contributed by atoms with van der Waals surface area (Å²) in [7, 11) is 1.35. The highest BCUT2D eigenvalue weighted by molar-refractivity contribution is 5.77. The fourth-order valence-corrected chi connectivity index (χ4v) is 3.21. The van der Waals surface area contributed by atoms with E-state index in [0.717, 1.165) is 12.0 Å². The van der Waals surface area contributed by atoms with E-state index in [1.165, 1.54) is 7.11 Å². The molecule has 2 amide bonds. The molecule has 2 unspecified atom stereocenters. The summed E-state index contributed by atoms with van der Waals surface area (Å²) in [4.78, 5) is 36.9. The number of ether oxygens (including phenoxy) is 1. The number of methoxy groups -OCH3 is 1. The Hall–Kier alpha value is -2.57. The summed E-state index contributed by atoms with van der Waals surface area (Å²) in [5.74, 6) is -1.48. The van der Waals surface area contributed by atoms with Gasteiger partial charge in [0.1, 0.15) is 0 Å². The van der Waals surface area contributed by atoms with E-state index in [2.05, 4.69) is 5.32 Å². The van der Waals surface area contributed by atoms with E-state index < -0.39 is 5.97 Å². The van der Waals surface area contributed by atoms with Gasteiger partial charge >= 0.3 is 18.0 Å². The zero-order valence-electron chi connectivity index (χ0n) is 15.0. The average Bonchev–Trinajstić information content (AvgIpc) is 2.66. The molecular weight excluding hydrogens is 336 g/mol. The minimum Gasteiger partial charge on any atom is -0.481 e. The Morgan fingerprint density at radius 3 is 2.69 bits per heavy atom. The predicted molar refractivity (Wildman–Crippen MR) is 95.6 cm³/mol. The number of rotatable bonds is 7. The molecule has 1 aliphatic heterocycles. The number of nitrogens with zero attached hydrogens (tertiary/aromatic N) is 1. The van der Waals surface area contributed by atoms with Crippen molar-refractivity contribution in [2.75, 3.05) is 20.2 Å². The Morgan fingerprint density at radius 2 is 2.04 bits per heavy atom. The van der Waals surface area contributed by atoms with Crippen LogP contribution in [-0.2, 0) is 20.7 Å². The monoisotopic (exact) mass is 362 g/mol. The summed E-state index contributed by atoms with van der Waals surface area (Å²) in [6.07, 6.45) is 2.36. The lowest BCUT2D eigenvalue weighted by molar-refractivity contribution is -0.147. The number of benzene rings is 1. The third kappa shape index (κ3) is 6.06. The molecule has 0 saturated carbocycles. The normalized spacial score (nSPS) is 18.0. The van der Waals surface area contributed by atoms with Crippen molar-refractivity contribution < 1.29 is 24.2 Å². The number of urea groups is 1. The van der Waals surface area contributed by atoms with Crippen molar-refractivity contribution in [2.45, 2.75) is 38.1 Å². The van der Waals surface area contributed by atoms with Crippen LogP contribution < -0.4 is 5.32 Å². The maximum atomic E-state index is 12.6. The second-order valence-corrected chi connectivity index (χ2v) is 6.58. The molecule has 2 N–H and O–H groups in total. The van der Waals surface area contributed by atoms with Gasteiger partial charge < -0.3 is 20.1 Å². The number of carbonyl (C=O) groups is 3. The number of piperidine rings is 1. The Morgan fingerprint density at radius 1 is 1.31 bits per heavy atom. The molecule has 1 aliphatic rings. The van der Waals surface area contributed by atoms with Crippen molar-refractivity contribution in [1.82, 2.24) is 10.2 Å². The van der Waals surface area contributed by atoms with Gasteiger partial charge in [-0.3, -0.25) is 9.59 Å². The van der Waals surface area contributed by atoms with E-state index in [4.69, 9.17) is 9.84 Å². The van der Waals surface area contributed by atoms with Crippen LogP contribution in [-0.4, -0.2) is 54.2 Å². The lowest BCUT2D eigenvalue weighted by Gasteiger charge is -2.32. The molecule has 2 rings (SSSR count). The van der Waals surface area contributed by atoms with Crippen LogP contribution in [0, 0.1) is 5.92 Å². The summed E-state index contributed by atoms with van der Waals surface area (Å²) in [5, 5.41) is 11.9. The van der Waals surface area contributed by atoms with Crippen LogP contribution in [0.3, 0.4) is 0 Å². The second kappa shape index (κ2) is 9.79. The number of likely N-dealkylation sites (tertiary alicyclic amines) is 1. The van der Waals surface area contributed by atoms with E-state index in [1.54, 1.807) is 4.90 Å². The Labute approximate surface area is 153 Å². The maximum Gasteiger partial charge on any atom is 0.317 e. The van der Waals surface area contributed by atoms with Gasteiger partial charge in [-0.15, -0.1) is 0 Å². The zero-order chi connectivity index (χ0) is 18.9. The fourth-order valence-electron chi connectivity index (χ4n) is 3.21. The molecule has 1 aromatic carbocycles. The molecule has 0 radical (unpaired) electrons. The molecule has 1 saturated heterocycles. The van der Waals surface area contributed by atoms with E-state index in [1.807, 2.05) is 30.3 Å². The van der Waals surface area contributed by atoms with Crippen LogP contribution in [0.4, 0.5) is 4.79 Å². The first kappa shape index (κ1) is 19.8. The molecule has 26 heavy (non-hydrogen) atoms. The third-order valence-electron chi connectivity index (χ3n) is 4.60. The summed E-state index contributed by atoms with van der Waals surface area (Å²) < 4.78 is 4.78. The predicted octanol–water partition coefficient (Wildman–Crippen LogP) is 2.06. The summed E-state index contributed by atoms with van der Waals surface area (Å²) >= 11 is 0. The number of carbonyl (C=O) groups excluding carboxylic acids is 2. The van der Waals surface area contributed by atoms with Crippen LogP contribution >= 0.6 is 0 Å². The number of carboxylic acids is 1. The highest BCUT2D eigenvalue weighted by Gasteiger charge is 2.29. The number of nitrogens with one attached hydrogen (secondary N) is 1. The minimum atomic E-state index is -0.888. The van der Waals surface area contributed by atoms with Crippen molar-refractivity contribution in [2.24, 2.45) is 5.92 Å². The van der Waals surface area contributed by atoms with Gasteiger partial charge in [-0.05, 0) is 31.2 Å². The van der Waals surface area contributed by atoms with Crippen molar-refractivity contribution in [3.63, 3.8) is 0 Å². The van der Waals surface area contributed by atoms with E-state index >= 15 is 0 Å². The highest BCUT2D eigenvalue weighted by atomic mass is 16.5. The van der Waals surface area contributed by atoms with Crippen molar-refractivity contribution in [3.05, 3.63) is 35.9 Å². The smallest absolute Gasteiger partial charge is 0.317 e. The standard InChI is InChI=1S/C19H26N2O5/c1-26-18(24)15-8-5-11-21(13-15)19(25)20-16(9-10-17(22)23)12-14-6-3-2-4-7-14/h2-4,6-7,15-16H,5,8-13H2,1H3,(H,20,25)(H,22,23). The molecule has 0 spiro atoms. The Kier molecular flexibility index (Phi) is 7.44. The van der Waals surface area contributed by atoms with Gasteiger partial charge in [0, 0.05) is 25.6 Å². The molecule has 0 aliphatic carbocycles. The van der Waals surface area contributed by atoms with Crippen LogP contribution in [0.15, 0.2) is 30.3 Å². The third-order valence-corrected chi connectivity index (χ3v) is 4.60. The number of carboxylic acid groups (broad SMARTS) is 1. The van der Waals surface area contributed by atoms with Gasteiger partial charge in [0.25, 0.3) is 0 Å². The van der Waals surface area contributed by atoms with Crippen LogP contribution in [0.2, 0.25) is 0 Å². The molecule has 0 bridgehead atoms. The number of hydrogen-bond acceptors (Lipinski definition) is 4. The molecule has 1 heterocycles. The molecule has 1 aromatic rings. The minimum absolute atomic E-state index is 0.0113. The van der Waals surface area contributed by atoms with Gasteiger partial charge in [0.05, 0.1) is 13.0 Å². The first-order valence-electron chi connectivity index (χ1n) is 8.88. The van der Waals surface area contributed by atoms with Gasteiger partial charge in [-0.25, -0.2) is 4.79 Å². The van der Waals surface area contributed by atoms with E-state index in [9.17, 15) is 14.4 Å². The van der Waals surface area contributed by atoms with Crippen molar-refractivity contribution in [1.29, 1.82) is 0 Å². The molecule has 1 fully saturated rings. The number of amides is 2. The molecule has 0 aromatic heterocycles. The van der Waals surface area contributed by atoms with Gasteiger partial charge in [0.2, 0.25) is 0 Å². The topological polar surface area (TPSA) is 95.9 Å². The van der Waals surface area contributed by atoms with Gasteiger partial charge in [-0.1, -0.05) is 30.3 Å². The SMILES string of the molecule is COC(=O)C1CCCN(C(=O)NC(CCC(=O)O)Cc2ccccc2)C1. The van der Waals surface area contributed by atoms with Crippen LogP contribution in [0.25, 0.3) is 0 Å². The van der Waals surface area contributed by atoms with Gasteiger partial charge in [0.15, 0.2) is 0 Å². The number of hydrogen-bond donors (Lipinski definition) is 2. The van der Waals surface area contributed by atoms with Crippen molar-refractivity contribution in [3.8, 4) is 0 Å². The van der Waals surface area contributed by atoms with Crippen LogP contribution in [0.1, 0.15) is 31.2 Å². The van der Waals surface area contributed by atoms with Crippen LogP contribution in [0.5, 0.6) is 0 Å². The zero-order valence-corrected chi connectivity index (χ0v) is 15.0. The summed E-state index contributed by atoms with van der Waals surface area (Å²) in [5.41, 5.74) is 1.04. The van der Waals surface area contributed by atoms with E-state index in [-0.39, 0.29) is 30.4 Å². The molecular formula is C19H26N2O5. The summed E-state index contributed by atoms with van der Waals surface area (Å²) in [6.45, 7) is 0.909. The molecule has 142 valence electrons. The molecule has 7 heteroatoms.